The van der Waals surface area contributed by atoms with Crippen molar-refractivity contribution in [2.45, 2.75) is 78.2 Å². The number of hydrogen-bond donors (Lipinski definition) is 0. The van der Waals surface area contributed by atoms with Gasteiger partial charge in [0.15, 0.2) is 0 Å². The first kappa shape index (κ1) is 17.9. The van der Waals surface area contributed by atoms with Gasteiger partial charge in [0.1, 0.15) is 6.10 Å². The van der Waals surface area contributed by atoms with E-state index in [0.29, 0.717) is 19.4 Å². The molecular formula is C15H28O4. The molecule has 0 aliphatic heterocycles. The fraction of sp³-hybridized carbons (Fsp3) is 0.867. The molecule has 0 heterocycles. The van der Waals surface area contributed by atoms with Crippen LogP contribution < -0.4 is 0 Å². The largest absolute Gasteiger partial charge is 0.466 e. The fourth-order valence-corrected chi connectivity index (χ4v) is 1.98. The monoisotopic (exact) mass is 272 g/mol. The molecule has 0 aromatic carbocycles. The number of ether oxygens (including phenoxy) is 2. The maximum absolute atomic E-state index is 11.3. The van der Waals surface area contributed by atoms with Crippen molar-refractivity contribution < 1.29 is 19.1 Å². The molecule has 112 valence electrons. The van der Waals surface area contributed by atoms with E-state index in [1.165, 1.54) is 26.2 Å². The molecule has 4 nitrogen and oxygen atoms in total. The standard InChI is InChI=1S/C15H28O4/c1-4-6-7-8-9-10-14(19-13(3)16)11-12-15(17)18-5-2/h14H,4-12H2,1-3H3. The van der Waals surface area contributed by atoms with Crippen LogP contribution in [0.5, 0.6) is 0 Å². The lowest BCUT2D eigenvalue weighted by Gasteiger charge is -2.16. The lowest BCUT2D eigenvalue weighted by molar-refractivity contribution is -0.150. The Hall–Kier alpha value is -1.06. The van der Waals surface area contributed by atoms with Gasteiger partial charge in [-0.05, 0) is 26.2 Å². The highest BCUT2D eigenvalue weighted by molar-refractivity contribution is 5.69. The van der Waals surface area contributed by atoms with E-state index in [1.54, 1.807) is 6.92 Å². The van der Waals surface area contributed by atoms with E-state index in [9.17, 15) is 9.59 Å². The van der Waals surface area contributed by atoms with Crippen LogP contribution in [0.2, 0.25) is 0 Å². The van der Waals surface area contributed by atoms with E-state index < -0.39 is 0 Å². The predicted octanol–water partition coefficient (Wildman–Crippen LogP) is 3.62. The van der Waals surface area contributed by atoms with Crippen molar-refractivity contribution in [3.8, 4) is 0 Å². The van der Waals surface area contributed by atoms with Crippen molar-refractivity contribution in [2.75, 3.05) is 6.61 Å². The molecule has 0 rings (SSSR count). The molecule has 0 radical (unpaired) electrons. The zero-order chi connectivity index (χ0) is 14.5. The SMILES string of the molecule is CCCCCCCC(CCC(=O)OCC)OC(C)=O. The van der Waals surface area contributed by atoms with E-state index >= 15 is 0 Å². The lowest BCUT2D eigenvalue weighted by atomic mass is 10.0. The van der Waals surface area contributed by atoms with Gasteiger partial charge in [0, 0.05) is 13.3 Å². The molecule has 0 N–H and O–H groups in total. The average molecular weight is 272 g/mol. The number of carbonyl (C=O) groups excluding carboxylic acids is 2. The van der Waals surface area contributed by atoms with Crippen molar-refractivity contribution in [3.05, 3.63) is 0 Å². The fourth-order valence-electron chi connectivity index (χ4n) is 1.98. The third kappa shape index (κ3) is 11.7. The molecule has 0 spiro atoms. The Bertz CT molecular complexity index is 251. The van der Waals surface area contributed by atoms with Crippen LogP contribution in [0, 0.1) is 0 Å². The molecule has 0 saturated carbocycles. The molecule has 0 aliphatic rings. The van der Waals surface area contributed by atoms with Crippen LogP contribution in [0.1, 0.15) is 72.1 Å². The van der Waals surface area contributed by atoms with Gasteiger partial charge in [-0.3, -0.25) is 9.59 Å². The molecule has 1 atom stereocenters. The summed E-state index contributed by atoms with van der Waals surface area (Å²) in [5, 5.41) is 0. The summed E-state index contributed by atoms with van der Waals surface area (Å²) in [6.45, 7) is 5.78. The minimum absolute atomic E-state index is 0.150. The highest BCUT2D eigenvalue weighted by Gasteiger charge is 2.14. The number of hydrogen-bond acceptors (Lipinski definition) is 4. The Morgan fingerprint density at radius 3 is 2.26 bits per heavy atom. The maximum atomic E-state index is 11.3. The summed E-state index contributed by atoms with van der Waals surface area (Å²) >= 11 is 0. The Morgan fingerprint density at radius 2 is 1.68 bits per heavy atom. The molecule has 0 aromatic rings. The first-order valence-corrected chi connectivity index (χ1v) is 7.43. The Labute approximate surface area is 116 Å². The summed E-state index contributed by atoms with van der Waals surface area (Å²) in [5.74, 6) is -0.493. The predicted molar refractivity (Wildman–Crippen MR) is 74.8 cm³/mol. The van der Waals surface area contributed by atoms with Gasteiger partial charge >= 0.3 is 11.9 Å². The maximum Gasteiger partial charge on any atom is 0.305 e. The first-order valence-electron chi connectivity index (χ1n) is 7.43. The third-order valence-corrected chi connectivity index (χ3v) is 2.94. The van der Waals surface area contributed by atoms with E-state index in [-0.39, 0.29) is 18.0 Å². The van der Waals surface area contributed by atoms with Crippen LogP contribution in [0.25, 0.3) is 0 Å². The topological polar surface area (TPSA) is 52.6 Å². The smallest absolute Gasteiger partial charge is 0.305 e. The summed E-state index contributed by atoms with van der Waals surface area (Å²) in [6.07, 6.45) is 7.46. The van der Waals surface area contributed by atoms with Gasteiger partial charge in [-0.15, -0.1) is 0 Å². The van der Waals surface area contributed by atoms with Crippen molar-refractivity contribution in [2.24, 2.45) is 0 Å². The van der Waals surface area contributed by atoms with E-state index in [2.05, 4.69) is 6.92 Å². The molecule has 1 unspecified atom stereocenters. The van der Waals surface area contributed by atoms with Crippen molar-refractivity contribution in [3.63, 3.8) is 0 Å². The van der Waals surface area contributed by atoms with Crippen LogP contribution in [0.15, 0.2) is 0 Å². The number of esters is 2. The molecule has 0 aliphatic carbocycles. The number of unbranched alkanes of at least 4 members (excludes halogenated alkanes) is 4. The molecule has 4 heteroatoms. The van der Waals surface area contributed by atoms with Crippen molar-refractivity contribution >= 4 is 11.9 Å². The highest BCUT2D eigenvalue weighted by atomic mass is 16.5. The third-order valence-electron chi connectivity index (χ3n) is 2.94. The van der Waals surface area contributed by atoms with Crippen molar-refractivity contribution in [1.29, 1.82) is 0 Å². The summed E-state index contributed by atoms with van der Waals surface area (Å²) in [4.78, 5) is 22.3. The first-order chi connectivity index (χ1) is 9.10. The van der Waals surface area contributed by atoms with Gasteiger partial charge in [-0.25, -0.2) is 0 Å². The molecule has 0 saturated heterocycles. The minimum Gasteiger partial charge on any atom is -0.466 e. The highest BCUT2D eigenvalue weighted by Crippen LogP contribution is 2.14. The van der Waals surface area contributed by atoms with E-state index in [4.69, 9.17) is 9.47 Å². The Balaban J connectivity index is 3.88. The van der Waals surface area contributed by atoms with Crippen LogP contribution in [0.4, 0.5) is 0 Å². The van der Waals surface area contributed by atoms with Crippen LogP contribution in [0.3, 0.4) is 0 Å². The summed E-state index contributed by atoms with van der Waals surface area (Å²) in [7, 11) is 0. The van der Waals surface area contributed by atoms with Gasteiger partial charge in [-0.2, -0.15) is 0 Å². The van der Waals surface area contributed by atoms with Crippen LogP contribution in [-0.2, 0) is 19.1 Å². The molecule has 0 bridgehead atoms. The zero-order valence-corrected chi connectivity index (χ0v) is 12.6. The van der Waals surface area contributed by atoms with Crippen LogP contribution in [-0.4, -0.2) is 24.6 Å². The number of carbonyl (C=O) groups is 2. The average Bonchev–Trinajstić information content (AvgIpc) is 2.35. The Morgan fingerprint density at radius 1 is 1.00 bits per heavy atom. The molecule has 0 aromatic heterocycles. The van der Waals surface area contributed by atoms with Gasteiger partial charge < -0.3 is 9.47 Å². The second-order valence-corrected chi connectivity index (χ2v) is 4.78. The van der Waals surface area contributed by atoms with E-state index in [0.717, 1.165) is 19.3 Å². The zero-order valence-electron chi connectivity index (χ0n) is 12.6. The van der Waals surface area contributed by atoms with Gasteiger partial charge in [0.25, 0.3) is 0 Å². The van der Waals surface area contributed by atoms with E-state index in [1.807, 2.05) is 0 Å². The van der Waals surface area contributed by atoms with Gasteiger partial charge in [0.05, 0.1) is 6.61 Å². The normalized spacial score (nSPS) is 11.9. The molecule has 0 amide bonds. The summed E-state index contributed by atoms with van der Waals surface area (Å²) in [5.41, 5.74) is 0. The van der Waals surface area contributed by atoms with Gasteiger partial charge in [-0.1, -0.05) is 32.6 Å². The Kier molecular flexibility index (Phi) is 11.3. The summed E-state index contributed by atoms with van der Waals surface area (Å²) < 4.78 is 10.1. The minimum atomic E-state index is -0.276. The second-order valence-electron chi connectivity index (χ2n) is 4.78. The van der Waals surface area contributed by atoms with Crippen LogP contribution >= 0.6 is 0 Å². The van der Waals surface area contributed by atoms with Crippen molar-refractivity contribution in [1.82, 2.24) is 0 Å². The van der Waals surface area contributed by atoms with Gasteiger partial charge in [0.2, 0.25) is 0 Å². The quantitative estimate of drug-likeness (QED) is 0.426. The molecular weight excluding hydrogens is 244 g/mol. The lowest BCUT2D eigenvalue weighted by Crippen LogP contribution is -2.18. The second kappa shape index (κ2) is 12.0. The molecule has 19 heavy (non-hydrogen) atoms. The molecule has 0 fully saturated rings. The summed E-state index contributed by atoms with van der Waals surface area (Å²) in [6, 6.07) is 0. The number of rotatable bonds is 11.